The quantitative estimate of drug-likeness (QED) is 0.408. The van der Waals surface area contributed by atoms with E-state index in [9.17, 15) is 0 Å². The minimum Gasteiger partial charge on any atom is -0.382 e. The third kappa shape index (κ3) is 5.76. The van der Waals surface area contributed by atoms with Crippen LogP contribution in [0.15, 0.2) is 0 Å². The number of ether oxygens (including phenoxy) is 3. The van der Waals surface area contributed by atoms with Gasteiger partial charge in [0.1, 0.15) is 0 Å². The van der Waals surface area contributed by atoms with Crippen LogP contribution in [0.5, 0.6) is 0 Å². The van der Waals surface area contributed by atoms with Gasteiger partial charge in [-0.1, -0.05) is 0 Å². The number of methoxy groups -OCH3 is 2. The second kappa shape index (κ2) is 6.01. The van der Waals surface area contributed by atoms with E-state index >= 15 is 0 Å². The van der Waals surface area contributed by atoms with Gasteiger partial charge in [0.2, 0.25) is 0 Å². The van der Waals surface area contributed by atoms with Crippen LogP contribution in [-0.4, -0.2) is 33.7 Å². The van der Waals surface area contributed by atoms with Crippen LogP contribution in [0.25, 0.3) is 0 Å². The molecule has 1 atom stereocenters. The third-order valence-electron chi connectivity index (χ3n) is 0.972. The Morgan fingerprint density at radius 2 is 1.89 bits per heavy atom. The molecule has 0 fully saturated rings. The maximum absolute atomic E-state index is 5.08. The van der Waals surface area contributed by atoms with Crippen LogP contribution in [0.1, 0.15) is 6.92 Å². The lowest BCUT2D eigenvalue weighted by molar-refractivity contribution is -0.119. The van der Waals surface area contributed by atoms with Crippen molar-refractivity contribution in [1.29, 1.82) is 0 Å². The molecule has 0 N–H and O–H groups in total. The topological polar surface area (TPSA) is 27.7 Å². The summed E-state index contributed by atoms with van der Waals surface area (Å²) in [6.45, 7) is 3.05. The van der Waals surface area contributed by atoms with E-state index in [0.29, 0.717) is 13.2 Å². The molecule has 0 aliphatic heterocycles. The second-order valence-corrected chi connectivity index (χ2v) is 1.67. The molecule has 0 aliphatic rings. The van der Waals surface area contributed by atoms with Gasteiger partial charge in [-0.15, -0.1) is 0 Å². The molecule has 9 heavy (non-hydrogen) atoms. The van der Waals surface area contributed by atoms with E-state index in [1.807, 2.05) is 6.92 Å². The summed E-state index contributed by atoms with van der Waals surface area (Å²) < 4.78 is 14.7. The predicted octanol–water partition coefficient (Wildman–Crippen LogP) is 0.642. The highest BCUT2D eigenvalue weighted by Crippen LogP contribution is 1.88. The fourth-order valence-electron chi connectivity index (χ4n) is 0.365. The molecule has 0 saturated heterocycles. The third-order valence-corrected chi connectivity index (χ3v) is 0.972. The van der Waals surface area contributed by atoms with Gasteiger partial charge in [-0.2, -0.15) is 0 Å². The van der Waals surface area contributed by atoms with Crippen molar-refractivity contribution < 1.29 is 14.2 Å². The minimum atomic E-state index is -0.125. The Labute approximate surface area is 55.9 Å². The van der Waals surface area contributed by atoms with Crippen molar-refractivity contribution in [2.45, 2.75) is 13.2 Å². The first-order chi connectivity index (χ1) is 4.31. The first-order valence-electron chi connectivity index (χ1n) is 2.94. The SMILES string of the molecule is COCCOC(C)OC. The first kappa shape index (κ1) is 8.88. The van der Waals surface area contributed by atoms with Crippen LogP contribution in [0, 0.1) is 0 Å². The number of rotatable bonds is 5. The van der Waals surface area contributed by atoms with E-state index < -0.39 is 0 Å². The average molecular weight is 134 g/mol. The van der Waals surface area contributed by atoms with Crippen LogP contribution in [0.3, 0.4) is 0 Å². The summed E-state index contributed by atoms with van der Waals surface area (Å²) in [5.41, 5.74) is 0. The van der Waals surface area contributed by atoms with Crippen LogP contribution in [-0.2, 0) is 14.2 Å². The summed E-state index contributed by atoms with van der Waals surface area (Å²) in [5, 5.41) is 0. The molecular weight excluding hydrogens is 120 g/mol. The van der Waals surface area contributed by atoms with Gasteiger partial charge in [-0.3, -0.25) is 0 Å². The molecule has 1 unspecified atom stereocenters. The van der Waals surface area contributed by atoms with E-state index in [0.717, 1.165) is 0 Å². The molecule has 0 saturated carbocycles. The highest BCUT2D eigenvalue weighted by atomic mass is 16.7. The molecule has 3 nitrogen and oxygen atoms in total. The Hall–Kier alpha value is -0.120. The summed E-state index contributed by atoms with van der Waals surface area (Å²) in [4.78, 5) is 0. The Balaban J connectivity index is 2.88. The molecule has 0 spiro atoms. The van der Waals surface area contributed by atoms with Gasteiger partial charge in [-0.05, 0) is 6.92 Å². The lowest BCUT2D eigenvalue weighted by atomic mass is 10.7. The van der Waals surface area contributed by atoms with Crippen LogP contribution < -0.4 is 0 Å². The summed E-state index contributed by atoms with van der Waals surface area (Å²) in [5.74, 6) is 0. The average Bonchev–Trinajstić information content (AvgIpc) is 1.89. The second-order valence-electron chi connectivity index (χ2n) is 1.67. The number of hydrogen-bond donors (Lipinski definition) is 0. The fourth-order valence-corrected chi connectivity index (χ4v) is 0.365. The Kier molecular flexibility index (Phi) is 5.93. The molecule has 56 valence electrons. The van der Waals surface area contributed by atoms with Crippen molar-refractivity contribution in [2.24, 2.45) is 0 Å². The molecule has 0 aliphatic carbocycles. The van der Waals surface area contributed by atoms with Crippen molar-refractivity contribution in [3.05, 3.63) is 0 Å². The zero-order chi connectivity index (χ0) is 7.11. The molecule has 0 aromatic heterocycles. The predicted molar refractivity (Wildman–Crippen MR) is 34.3 cm³/mol. The van der Waals surface area contributed by atoms with Crippen molar-refractivity contribution in [2.75, 3.05) is 27.4 Å². The standard InChI is InChI=1S/C6H14O3/c1-6(8-3)9-5-4-7-2/h6H,4-5H2,1-3H3. The molecule has 0 aromatic carbocycles. The van der Waals surface area contributed by atoms with Gasteiger partial charge >= 0.3 is 0 Å². The van der Waals surface area contributed by atoms with E-state index in [1.165, 1.54) is 0 Å². The van der Waals surface area contributed by atoms with Gasteiger partial charge in [0.05, 0.1) is 13.2 Å². The lowest BCUT2D eigenvalue weighted by Crippen LogP contribution is -2.13. The Morgan fingerprint density at radius 1 is 1.22 bits per heavy atom. The monoisotopic (exact) mass is 134 g/mol. The highest BCUT2D eigenvalue weighted by Gasteiger charge is 1.95. The molecule has 0 rings (SSSR count). The summed E-state index contributed by atoms with van der Waals surface area (Å²) in [6.07, 6.45) is -0.125. The van der Waals surface area contributed by atoms with E-state index in [1.54, 1.807) is 14.2 Å². The summed E-state index contributed by atoms with van der Waals surface area (Å²) >= 11 is 0. The van der Waals surface area contributed by atoms with E-state index in [-0.39, 0.29) is 6.29 Å². The van der Waals surface area contributed by atoms with Gasteiger partial charge < -0.3 is 14.2 Å². The first-order valence-corrected chi connectivity index (χ1v) is 2.94. The zero-order valence-corrected chi connectivity index (χ0v) is 6.22. The van der Waals surface area contributed by atoms with Crippen molar-refractivity contribution in [1.82, 2.24) is 0 Å². The lowest BCUT2D eigenvalue weighted by Gasteiger charge is -2.09. The summed E-state index contributed by atoms with van der Waals surface area (Å²) in [7, 11) is 3.25. The van der Waals surface area contributed by atoms with E-state index in [2.05, 4.69) is 0 Å². The van der Waals surface area contributed by atoms with E-state index in [4.69, 9.17) is 14.2 Å². The Morgan fingerprint density at radius 3 is 2.33 bits per heavy atom. The van der Waals surface area contributed by atoms with Gasteiger partial charge in [-0.25, -0.2) is 0 Å². The van der Waals surface area contributed by atoms with Crippen molar-refractivity contribution in [3.8, 4) is 0 Å². The molecule has 0 heterocycles. The maximum Gasteiger partial charge on any atom is 0.154 e. The normalized spacial score (nSPS) is 13.7. The maximum atomic E-state index is 5.08. The minimum absolute atomic E-state index is 0.125. The largest absolute Gasteiger partial charge is 0.382 e. The molecule has 0 radical (unpaired) electrons. The van der Waals surface area contributed by atoms with Gasteiger partial charge in [0.15, 0.2) is 6.29 Å². The van der Waals surface area contributed by atoms with Gasteiger partial charge in [0.25, 0.3) is 0 Å². The zero-order valence-electron chi connectivity index (χ0n) is 6.22. The van der Waals surface area contributed by atoms with Crippen molar-refractivity contribution >= 4 is 0 Å². The molecule has 0 amide bonds. The summed E-state index contributed by atoms with van der Waals surface area (Å²) in [6, 6.07) is 0. The molecule has 0 bridgehead atoms. The Bertz CT molecular complexity index is 56.3. The van der Waals surface area contributed by atoms with Crippen LogP contribution in [0.4, 0.5) is 0 Å². The smallest absolute Gasteiger partial charge is 0.154 e. The van der Waals surface area contributed by atoms with Gasteiger partial charge in [0, 0.05) is 14.2 Å². The molecular formula is C6H14O3. The molecule has 3 heteroatoms. The van der Waals surface area contributed by atoms with Crippen LogP contribution >= 0.6 is 0 Å². The molecule has 0 aromatic rings. The highest BCUT2D eigenvalue weighted by molar-refractivity contribution is 4.29. The van der Waals surface area contributed by atoms with Crippen molar-refractivity contribution in [3.63, 3.8) is 0 Å². The van der Waals surface area contributed by atoms with Crippen LogP contribution in [0.2, 0.25) is 0 Å². The number of hydrogen-bond acceptors (Lipinski definition) is 3. The fraction of sp³-hybridized carbons (Fsp3) is 1.00.